The van der Waals surface area contributed by atoms with E-state index in [9.17, 15) is 9.59 Å². The summed E-state index contributed by atoms with van der Waals surface area (Å²) in [6, 6.07) is 7.15. The largest absolute Gasteiger partial charge is 0.448 e. The first-order chi connectivity index (χ1) is 9.24. The molecule has 0 spiro atoms. The zero-order valence-electron chi connectivity index (χ0n) is 9.83. The molecule has 1 atom stereocenters. The molecule has 0 aliphatic carbocycles. The summed E-state index contributed by atoms with van der Waals surface area (Å²) in [5.74, 6) is -0.807. The van der Waals surface area contributed by atoms with Crippen molar-refractivity contribution in [1.29, 1.82) is 0 Å². The Labute approximate surface area is 113 Å². The summed E-state index contributed by atoms with van der Waals surface area (Å²) in [4.78, 5) is 27.7. The minimum absolute atomic E-state index is 0.349. The van der Waals surface area contributed by atoms with Crippen molar-refractivity contribution >= 4 is 28.3 Å². The lowest BCUT2D eigenvalue weighted by Gasteiger charge is -2.23. The Morgan fingerprint density at radius 2 is 2.26 bits per heavy atom. The summed E-state index contributed by atoms with van der Waals surface area (Å²) in [6.45, 7) is 0. The van der Waals surface area contributed by atoms with Gasteiger partial charge in [-0.25, -0.2) is 9.78 Å². The van der Waals surface area contributed by atoms with E-state index in [2.05, 4.69) is 10.3 Å². The number of aromatic nitrogens is 1. The summed E-state index contributed by atoms with van der Waals surface area (Å²) >= 11 is 1.32. The Morgan fingerprint density at radius 1 is 1.42 bits per heavy atom. The Morgan fingerprint density at radius 3 is 3.05 bits per heavy atom. The first-order valence-corrected chi connectivity index (χ1v) is 6.61. The monoisotopic (exact) mass is 274 g/mol. The predicted molar refractivity (Wildman–Crippen MR) is 70.1 cm³/mol. The number of esters is 1. The second kappa shape index (κ2) is 4.81. The van der Waals surface area contributed by atoms with E-state index in [0.29, 0.717) is 17.1 Å². The van der Waals surface area contributed by atoms with Crippen LogP contribution in [0.5, 0.6) is 0 Å². The van der Waals surface area contributed by atoms with Crippen LogP contribution in [0.25, 0.3) is 0 Å². The van der Waals surface area contributed by atoms with Crippen LogP contribution in [0.2, 0.25) is 0 Å². The van der Waals surface area contributed by atoms with Gasteiger partial charge in [-0.05, 0) is 11.6 Å². The highest BCUT2D eigenvalue weighted by atomic mass is 32.1. The number of nitrogens with one attached hydrogen (secondary N) is 1. The Hall–Kier alpha value is -2.21. The molecular formula is C13H10N2O3S. The van der Waals surface area contributed by atoms with Crippen molar-refractivity contribution < 1.29 is 14.3 Å². The van der Waals surface area contributed by atoms with E-state index >= 15 is 0 Å². The molecule has 0 unspecified atom stereocenters. The number of carbonyl (C=O) groups is 2. The van der Waals surface area contributed by atoms with Crippen molar-refractivity contribution in [3.05, 3.63) is 47.0 Å². The minimum Gasteiger partial charge on any atom is -0.448 e. The molecule has 1 aliphatic rings. The summed E-state index contributed by atoms with van der Waals surface area (Å²) in [5, 5.41) is 4.90. The molecule has 2 heterocycles. The van der Waals surface area contributed by atoms with Gasteiger partial charge in [0.25, 0.3) is 5.91 Å². The Kier molecular flexibility index (Phi) is 3.00. The Balaban J connectivity index is 1.78. The van der Waals surface area contributed by atoms with Gasteiger partial charge in [0.1, 0.15) is 0 Å². The third kappa shape index (κ3) is 2.34. The van der Waals surface area contributed by atoms with Crippen LogP contribution < -0.4 is 5.32 Å². The highest BCUT2D eigenvalue weighted by Gasteiger charge is 2.31. The zero-order valence-corrected chi connectivity index (χ0v) is 10.6. The van der Waals surface area contributed by atoms with Crippen LogP contribution in [0.4, 0.5) is 5.13 Å². The molecule has 19 heavy (non-hydrogen) atoms. The molecule has 1 aliphatic heterocycles. The second-order valence-electron chi connectivity index (χ2n) is 4.08. The standard InChI is InChI=1S/C13H10N2O3S/c16-11(15-13-14-5-6-19-13)10-7-8-3-1-2-4-9(8)12(17)18-10/h1-6,10H,7H2,(H,14,15,16)/t10-/m1/s1. The van der Waals surface area contributed by atoms with E-state index in [1.165, 1.54) is 11.3 Å². The van der Waals surface area contributed by atoms with Gasteiger partial charge in [0, 0.05) is 18.0 Å². The van der Waals surface area contributed by atoms with Crippen LogP contribution in [-0.2, 0) is 16.0 Å². The van der Waals surface area contributed by atoms with Gasteiger partial charge in [-0.2, -0.15) is 0 Å². The van der Waals surface area contributed by atoms with Gasteiger partial charge in [0.15, 0.2) is 11.2 Å². The molecule has 96 valence electrons. The molecule has 1 aromatic heterocycles. The number of ether oxygens (including phenoxy) is 1. The van der Waals surface area contributed by atoms with E-state index in [-0.39, 0.29) is 5.91 Å². The average molecular weight is 274 g/mol. The molecule has 1 aromatic carbocycles. The second-order valence-corrected chi connectivity index (χ2v) is 4.98. The highest BCUT2D eigenvalue weighted by Crippen LogP contribution is 2.21. The van der Waals surface area contributed by atoms with Gasteiger partial charge in [0.05, 0.1) is 5.56 Å². The number of hydrogen-bond acceptors (Lipinski definition) is 5. The number of fused-ring (bicyclic) bond motifs is 1. The van der Waals surface area contributed by atoms with Crippen LogP contribution in [0.1, 0.15) is 15.9 Å². The van der Waals surface area contributed by atoms with Crippen LogP contribution in [0.3, 0.4) is 0 Å². The molecular weight excluding hydrogens is 264 g/mol. The van der Waals surface area contributed by atoms with Gasteiger partial charge in [-0.3, -0.25) is 10.1 Å². The number of anilines is 1. The quantitative estimate of drug-likeness (QED) is 0.849. The predicted octanol–water partition coefficient (Wildman–Crippen LogP) is 1.86. The van der Waals surface area contributed by atoms with Crippen molar-refractivity contribution in [1.82, 2.24) is 4.98 Å². The third-order valence-corrected chi connectivity index (χ3v) is 3.54. The van der Waals surface area contributed by atoms with Crippen molar-refractivity contribution in [2.45, 2.75) is 12.5 Å². The van der Waals surface area contributed by atoms with E-state index in [1.54, 1.807) is 23.7 Å². The molecule has 0 saturated heterocycles. The maximum atomic E-state index is 12.0. The lowest BCUT2D eigenvalue weighted by Crippen LogP contribution is -2.37. The molecule has 0 radical (unpaired) electrons. The van der Waals surface area contributed by atoms with Crippen molar-refractivity contribution in [2.75, 3.05) is 5.32 Å². The zero-order chi connectivity index (χ0) is 13.2. The summed E-state index contributed by atoms with van der Waals surface area (Å²) in [6.07, 6.45) is 1.19. The first-order valence-electron chi connectivity index (χ1n) is 5.73. The number of hydrogen-bond donors (Lipinski definition) is 1. The molecule has 0 fully saturated rings. The summed E-state index contributed by atoms with van der Waals surface area (Å²) < 4.78 is 5.15. The van der Waals surface area contributed by atoms with Gasteiger partial charge in [0.2, 0.25) is 0 Å². The van der Waals surface area contributed by atoms with Crippen LogP contribution in [0, 0.1) is 0 Å². The van der Waals surface area contributed by atoms with Crippen LogP contribution in [-0.4, -0.2) is 23.0 Å². The molecule has 1 N–H and O–H groups in total. The minimum atomic E-state index is -0.800. The van der Waals surface area contributed by atoms with Gasteiger partial charge < -0.3 is 4.74 Å². The lowest BCUT2D eigenvalue weighted by molar-refractivity contribution is -0.125. The molecule has 3 rings (SSSR count). The number of cyclic esters (lactones) is 1. The molecule has 1 amide bonds. The van der Waals surface area contributed by atoms with E-state index in [1.807, 2.05) is 12.1 Å². The van der Waals surface area contributed by atoms with E-state index in [4.69, 9.17) is 4.74 Å². The van der Waals surface area contributed by atoms with E-state index in [0.717, 1.165) is 5.56 Å². The molecule has 5 nitrogen and oxygen atoms in total. The smallest absolute Gasteiger partial charge is 0.339 e. The molecule has 2 aromatic rings. The number of nitrogens with zero attached hydrogens (tertiary/aromatic N) is 1. The van der Waals surface area contributed by atoms with Crippen LogP contribution >= 0.6 is 11.3 Å². The number of carbonyl (C=O) groups excluding carboxylic acids is 2. The van der Waals surface area contributed by atoms with Crippen molar-refractivity contribution in [2.24, 2.45) is 0 Å². The average Bonchev–Trinajstić information content (AvgIpc) is 2.91. The number of amides is 1. The molecule has 6 heteroatoms. The lowest BCUT2D eigenvalue weighted by atomic mass is 9.98. The van der Waals surface area contributed by atoms with Crippen LogP contribution in [0.15, 0.2) is 35.8 Å². The first kappa shape index (κ1) is 11.9. The van der Waals surface area contributed by atoms with Gasteiger partial charge >= 0.3 is 5.97 Å². The molecule has 0 saturated carbocycles. The third-order valence-electron chi connectivity index (χ3n) is 2.85. The topological polar surface area (TPSA) is 68.3 Å². The van der Waals surface area contributed by atoms with Gasteiger partial charge in [-0.1, -0.05) is 18.2 Å². The molecule has 0 bridgehead atoms. The Bertz CT molecular complexity index is 625. The van der Waals surface area contributed by atoms with E-state index < -0.39 is 12.1 Å². The SMILES string of the molecule is O=C1O[C@@H](C(=O)Nc2nccs2)Cc2ccccc21. The maximum Gasteiger partial charge on any atom is 0.339 e. The summed E-state index contributed by atoms with van der Waals surface area (Å²) in [7, 11) is 0. The fraction of sp³-hybridized carbons (Fsp3) is 0.154. The van der Waals surface area contributed by atoms with Gasteiger partial charge in [-0.15, -0.1) is 11.3 Å². The summed E-state index contributed by atoms with van der Waals surface area (Å²) in [5.41, 5.74) is 1.36. The fourth-order valence-electron chi connectivity index (χ4n) is 1.95. The maximum absolute atomic E-state index is 12.0. The highest BCUT2D eigenvalue weighted by molar-refractivity contribution is 7.13. The van der Waals surface area contributed by atoms with Crippen molar-refractivity contribution in [3.8, 4) is 0 Å². The normalized spacial score (nSPS) is 17.5. The number of rotatable bonds is 2. The van der Waals surface area contributed by atoms with Crippen molar-refractivity contribution in [3.63, 3.8) is 0 Å². The number of thiazole rings is 1. The fourth-order valence-corrected chi connectivity index (χ4v) is 2.48. The number of benzene rings is 1.